The predicted octanol–water partition coefficient (Wildman–Crippen LogP) is 3.56. The van der Waals surface area contributed by atoms with Crippen molar-refractivity contribution in [1.29, 1.82) is 0 Å². The summed E-state index contributed by atoms with van der Waals surface area (Å²) in [4.78, 5) is 8.95. The van der Waals surface area contributed by atoms with Crippen molar-refractivity contribution in [2.75, 3.05) is 0 Å². The lowest BCUT2D eigenvalue weighted by Gasteiger charge is -2.06. The highest BCUT2D eigenvalue weighted by molar-refractivity contribution is 5.57. The number of imidazole rings is 1. The Bertz CT molecular complexity index is 686. The van der Waals surface area contributed by atoms with E-state index < -0.39 is 0 Å². The highest BCUT2D eigenvalue weighted by Crippen LogP contribution is 2.17. The maximum absolute atomic E-state index is 4.48. The van der Waals surface area contributed by atoms with Crippen LogP contribution in [0.1, 0.15) is 18.2 Å². The van der Waals surface area contributed by atoms with Gasteiger partial charge in [-0.05, 0) is 18.1 Å². The van der Waals surface area contributed by atoms with Crippen LogP contribution in [-0.4, -0.2) is 14.5 Å². The quantitative estimate of drug-likeness (QED) is 0.720. The third-order valence-electron chi connectivity index (χ3n) is 3.40. The fourth-order valence-corrected chi connectivity index (χ4v) is 2.31. The second kappa shape index (κ2) is 5.70. The first-order valence-electron chi connectivity index (χ1n) is 6.87. The minimum absolute atomic E-state index is 0.768. The van der Waals surface area contributed by atoms with Crippen LogP contribution in [0.25, 0.3) is 11.3 Å². The molecule has 0 aliphatic rings. The highest BCUT2D eigenvalue weighted by atomic mass is 15.0. The average Bonchev–Trinajstić information content (AvgIpc) is 2.97. The molecule has 20 heavy (non-hydrogen) atoms. The number of hydrogen-bond donors (Lipinski definition) is 0. The maximum Gasteiger partial charge on any atom is 0.0957 e. The molecule has 2 heterocycles. The number of benzene rings is 1. The number of rotatable bonds is 4. The van der Waals surface area contributed by atoms with Gasteiger partial charge in [-0.15, -0.1) is 0 Å². The van der Waals surface area contributed by atoms with E-state index in [1.165, 1.54) is 5.56 Å². The van der Waals surface area contributed by atoms with Crippen LogP contribution >= 0.6 is 0 Å². The molecule has 0 saturated heterocycles. The third kappa shape index (κ3) is 2.62. The van der Waals surface area contributed by atoms with Crippen molar-refractivity contribution < 1.29 is 0 Å². The number of pyridine rings is 1. The molecule has 3 rings (SSSR count). The molecule has 0 spiro atoms. The Hall–Kier alpha value is -2.42. The lowest BCUT2D eigenvalue weighted by molar-refractivity contribution is 0.760. The molecule has 0 saturated carbocycles. The normalized spacial score (nSPS) is 10.7. The lowest BCUT2D eigenvalue weighted by Crippen LogP contribution is -2.02. The molecule has 100 valence electrons. The zero-order chi connectivity index (χ0) is 13.8. The summed E-state index contributed by atoms with van der Waals surface area (Å²) in [5.41, 5.74) is 4.55. The molecular formula is C17H17N3. The monoisotopic (exact) mass is 263 g/mol. The smallest absolute Gasteiger partial charge is 0.0957 e. The zero-order valence-corrected chi connectivity index (χ0v) is 11.5. The second-order valence-electron chi connectivity index (χ2n) is 4.76. The van der Waals surface area contributed by atoms with Gasteiger partial charge in [0.1, 0.15) is 0 Å². The van der Waals surface area contributed by atoms with E-state index in [0.29, 0.717) is 0 Å². The Labute approximate surface area is 118 Å². The molecule has 0 fully saturated rings. The molecule has 0 amide bonds. The Kier molecular flexibility index (Phi) is 3.59. The van der Waals surface area contributed by atoms with E-state index in [4.69, 9.17) is 0 Å². The predicted molar refractivity (Wildman–Crippen MR) is 80.4 cm³/mol. The van der Waals surface area contributed by atoms with Gasteiger partial charge in [-0.3, -0.25) is 4.98 Å². The molecule has 1 aromatic carbocycles. The van der Waals surface area contributed by atoms with Crippen molar-refractivity contribution in [2.45, 2.75) is 19.9 Å². The molecule has 3 aromatic rings. The summed E-state index contributed by atoms with van der Waals surface area (Å²) >= 11 is 0. The first kappa shape index (κ1) is 12.6. The van der Waals surface area contributed by atoms with Gasteiger partial charge in [-0.1, -0.05) is 43.3 Å². The van der Waals surface area contributed by atoms with Gasteiger partial charge in [0.05, 0.1) is 24.3 Å². The van der Waals surface area contributed by atoms with E-state index in [9.17, 15) is 0 Å². The topological polar surface area (TPSA) is 30.7 Å². The SMILES string of the molecule is CCc1cccnc1Cn1cnc(-c2ccccc2)c1. The first-order chi connectivity index (χ1) is 9.86. The van der Waals surface area contributed by atoms with Gasteiger partial charge in [0.2, 0.25) is 0 Å². The average molecular weight is 263 g/mol. The fraction of sp³-hybridized carbons (Fsp3) is 0.176. The van der Waals surface area contributed by atoms with Crippen molar-refractivity contribution in [1.82, 2.24) is 14.5 Å². The molecule has 0 radical (unpaired) electrons. The lowest BCUT2D eigenvalue weighted by atomic mass is 10.1. The Morgan fingerprint density at radius 1 is 1.00 bits per heavy atom. The number of hydrogen-bond acceptors (Lipinski definition) is 2. The minimum atomic E-state index is 0.768. The Morgan fingerprint density at radius 3 is 2.65 bits per heavy atom. The van der Waals surface area contributed by atoms with E-state index in [2.05, 4.69) is 45.9 Å². The fourth-order valence-electron chi connectivity index (χ4n) is 2.31. The Morgan fingerprint density at radius 2 is 1.85 bits per heavy atom. The van der Waals surface area contributed by atoms with Crippen LogP contribution in [0.15, 0.2) is 61.2 Å². The number of nitrogens with zero attached hydrogens (tertiary/aromatic N) is 3. The number of aromatic nitrogens is 3. The van der Waals surface area contributed by atoms with Crippen LogP contribution in [0, 0.1) is 0 Å². The summed E-state index contributed by atoms with van der Waals surface area (Å²) in [6.45, 7) is 2.92. The van der Waals surface area contributed by atoms with Gasteiger partial charge in [0.15, 0.2) is 0 Å². The third-order valence-corrected chi connectivity index (χ3v) is 3.40. The first-order valence-corrected chi connectivity index (χ1v) is 6.87. The molecule has 3 heteroatoms. The molecule has 0 N–H and O–H groups in total. The molecule has 3 nitrogen and oxygen atoms in total. The van der Waals surface area contributed by atoms with Crippen LogP contribution in [-0.2, 0) is 13.0 Å². The minimum Gasteiger partial charge on any atom is -0.331 e. The van der Waals surface area contributed by atoms with Crippen molar-refractivity contribution in [2.24, 2.45) is 0 Å². The van der Waals surface area contributed by atoms with E-state index >= 15 is 0 Å². The van der Waals surface area contributed by atoms with Crippen LogP contribution < -0.4 is 0 Å². The van der Waals surface area contributed by atoms with Crippen LogP contribution in [0.3, 0.4) is 0 Å². The Balaban J connectivity index is 1.84. The standard InChI is InChI=1S/C17H17N3/c1-2-14-9-6-10-18-16(14)11-20-12-17(19-13-20)15-7-4-3-5-8-15/h3-10,12-13H,2,11H2,1H3. The molecule has 2 aromatic heterocycles. The van der Waals surface area contributed by atoms with Gasteiger partial charge >= 0.3 is 0 Å². The van der Waals surface area contributed by atoms with Crippen molar-refractivity contribution in [3.63, 3.8) is 0 Å². The van der Waals surface area contributed by atoms with Crippen LogP contribution in [0.4, 0.5) is 0 Å². The van der Waals surface area contributed by atoms with Crippen molar-refractivity contribution >= 4 is 0 Å². The van der Waals surface area contributed by atoms with Gasteiger partial charge in [0.25, 0.3) is 0 Å². The van der Waals surface area contributed by atoms with Gasteiger partial charge < -0.3 is 4.57 Å². The largest absolute Gasteiger partial charge is 0.331 e. The van der Waals surface area contributed by atoms with E-state index in [0.717, 1.165) is 29.9 Å². The molecule has 0 aliphatic carbocycles. The summed E-state index contributed by atoms with van der Waals surface area (Å²) in [5.74, 6) is 0. The van der Waals surface area contributed by atoms with Crippen LogP contribution in [0.5, 0.6) is 0 Å². The summed E-state index contributed by atoms with van der Waals surface area (Å²) in [5, 5.41) is 0. The molecular weight excluding hydrogens is 246 g/mol. The number of aryl methyl sites for hydroxylation is 1. The van der Waals surface area contributed by atoms with Gasteiger partial charge in [-0.25, -0.2) is 4.98 Å². The van der Waals surface area contributed by atoms with Crippen molar-refractivity contribution in [3.05, 3.63) is 72.4 Å². The van der Waals surface area contributed by atoms with Crippen LogP contribution in [0.2, 0.25) is 0 Å². The zero-order valence-electron chi connectivity index (χ0n) is 11.5. The highest BCUT2D eigenvalue weighted by Gasteiger charge is 2.05. The summed E-state index contributed by atoms with van der Waals surface area (Å²) < 4.78 is 2.09. The van der Waals surface area contributed by atoms with E-state index in [-0.39, 0.29) is 0 Å². The maximum atomic E-state index is 4.48. The molecule has 0 unspecified atom stereocenters. The van der Waals surface area contributed by atoms with Gasteiger partial charge in [-0.2, -0.15) is 0 Å². The summed E-state index contributed by atoms with van der Waals surface area (Å²) in [7, 11) is 0. The van der Waals surface area contributed by atoms with E-state index in [1.807, 2.05) is 36.8 Å². The molecule has 0 aliphatic heterocycles. The molecule has 0 atom stereocenters. The van der Waals surface area contributed by atoms with Gasteiger partial charge in [0, 0.05) is 18.0 Å². The van der Waals surface area contributed by atoms with E-state index in [1.54, 1.807) is 0 Å². The summed E-state index contributed by atoms with van der Waals surface area (Å²) in [6.07, 6.45) is 6.80. The molecule has 0 bridgehead atoms. The second-order valence-corrected chi connectivity index (χ2v) is 4.76. The summed E-state index contributed by atoms with van der Waals surface area (Å²) in [6, 6.07) is 14.4. The van der Waals surface area contributed by atoms with Crippen molar-refractivity contribution in [3.8, 4) is 11.3 Å².